The smallest absolute Gasteiger partial charge is 0.322 e. The molecule has 172 valence electrons. The van der Waals surface area contributed by atoms with Crippen molar-refractivity contribution in [2.24, 2.45) is 0 Å². The molecule has 0 unspecified atom stereocenters. The van der Waals surface area contributed by atoms with Crippen LogP contribution >= 0.6 is 0 Å². The third-order valence-corrected chi connectivity index (χ3v) is 8.01. The van der Waals surface area contributed by atoms with Crippen molar-refractivity contribution in [2.75, 3.05) is 23.3 Å². The van der Waals surface area contributed by atoms with Gasteiger partial charge in [-0.1, -0.05) is 57.8 Å². The predicted octanol–water partition coefficient (Wildman–Crippen LogP) is 7.35. The molecule has 4 rings (SSSR count). The van der Waals surface area contributed by atoms with Gasteiger partial charge in [0.15, 0.2) is 0 Å². The quantitative estimate of drug-likeness (QED) is 0.547. The lowest BCUT2D eigenvalue weighted by atomic mass is 9.79. The maximum atomic E-state index is 13.6. The number of anilines is 2. The lowest BCUT2D eigenvalue weighted by Crippen LogP contribution is -2.57. The number of hydrogen-bond acceptors (Lipinski definition) is 2. The Morgan fingerprint density at radius 2 is 1.39 bits per heavy atom. The van der Waals surface area contributed by atoms with Gasteiger partial charge in [-0.3, -0.25) is 0 Å². The van der Waals surface area contributed by atoms with E-state index in [1.165, 1.54) is 76.3 Å². The highest BCUT2D eigenvalue weighted by molar-refractivity contribution is 5.90. The molecule has 1 aromatic rings. The Kier molecular flexibility index (Phi) is 7.79. The Bertz CT molecular complexity index is 681. The summed E-state index contributed by atoms with van der Waals surface area (Å²) in [6.45, 7) is 4.64. The van der Waals surface area contributed by atoms with Crippen LogP contribution in [-0.2, 0) is 0 Å². The Labute approximate surface area is 189 Å². The molecule has 1 aliphatic heterocycles. The average molecular weight is 426 g/mol. The maximum Gasteiger partial charge on any atom is 0.322 e. The number of hydrogen-bond donors (Lipinski definition) is 1. The van der Waals surface area contributed by atoms with E-state index < -0.39 is 0 Å². The van der Waals surface area contributed by atoms with Crippen molar-refractivity contribution in [3.63, 3.8) is 0 Å². The first kappa shape index (κ1) is 22.5. The molecule has 1 saturated heterocycles. The van der Waals surface area contributed by atoms with Crippen molar-refractivity contribution < 1.29 is 4.79 Å². The molecule has 0 radical (unpaired) electrons. The fourth-order valence-corrected chi connectivity index (χ4v) is 6.19. The standard InChI is InChI=1S/C27H43N3O/c1-27(19-9-6-10-20-27)30(25-13-7-5-8-14-25)26(31)28-23-15-17-24(18-16-23)29-21-11-3-2-4-12-22-29/h15-18,25H,2-14,19-22H2,1H3,(H,28,31). The predicted molar refractivity (Wildman–Crippen MR) is 131 cm³/mol. The van der Waals surface area contributed by atoms with Crippen LogP contribution in [0.5, 0.6) is 0 Å². The summed E-state index contributed by atoms with van der Waals surface area (Å²) in [5.41, 5.74) is 2.23. The molecule has 2 saturated carbocycles. The second-order valence-electron chi connectivity index (χ2n) is 10.5. The van der Waals surface area contributed by atoms with Crippen molar-refractivity contribution in [3.05, 3.63) is 24.3 Å². The lowest BCUT2D eigenvalue weighted by Gasteiger charge is -2.49. The van der Waals surface area contributed by atoms with Crippen molar-refractivity contribution >= 4 is 17.4 Å². The minimum Gasteiger partial charge on any atom is -0.372 e. The topological polar surface area (TPSA) is 35.6 Å². The fraction of sp³-hybridized carbons (Fsp3) is 0.741. The monoisotopic (exact) mass is 425 g/mol. The number of carbonyl (C=O) groups is 1. The van der Waals surface area contributed by atoms with Gasteiger partial charge in [0.2, 0.25) is 0 Å². The summed E-state index contributed by atoms with van der Waals surface area (Å²) in [6.07, 6.45) is 18.9. The summed E-state index contributed by atoms with van der Waals surface area (Å²) in [5, 5.41) is 3.28. The van der Waals surface area contributed by atoms with Crippen LogP contribution in [0.15, 0.2) is 24.3 Å². The van der Waals surface area contributed by atoms with Gasteiger partial charge < -0.3 is 15.1 Å². The fourth-order valence-electron chi connectivity index (χ4n) is 6.19. The maximum absolute atomic E-state index is 13.6. The van der Waals surface area contributed by atoms with E-state index in [2.05, 4.69) is 46.3 Å². The second-order valence-corrected chi connectivity index (χ2v) is 10.5. The zero-order chi connectivity index (χ0) is 21.5. The van der Waals surface area contributed by atoms with E-state index in [4.69, 9.17) is 0 Å². The van der Waals surface area contributed by atoms with Gasteiger partial charge >= 0.3 is 6.03 Å². The highest BCUT2D eigenvalue weighted by Crippen LogP contribution is 2.38. The van der Waals surface area contributed by atoms with Crippen molar-refractivity contribution in [1.82, 2.24) is 4.90 Å². The molecule has 3 aliphatic rings. The van der Waals surface area contributed by atoms with Gasteiger partial charge in [-0.25, -0.2) is 4.79 Å². The lowest BCUT2D eigenvalue weighted by molar-refractivity contribution is 0.0513. The van der Waals surface area contributed by atoms with E-state index in [9.17, 15) is 4.79 Å². The Balaban J connectivity index is 1.44. The molecule has 0 aromatic heterocycles. The van der Waals surface area contributed by atoms with Gasteiger partial charge in [-0.15, -0.1) is 0 Å². The Morgan fingerprint density at radius 1 is 0.839 bits per heavy atom. The van der Waals surface area contributed by atoms with E-state index in [1.807, 2.05) is 0 Å². The normalized spacial score (nSPS) is 22.9. The molecular weight excluding hydrogens is 382 g/mol. The van der Waals surface area contributed by atoms with Gasteiger partial charge in [-0.2, -0.15) is 0 Å². The molecular formula is C27H43N3O. The molecule has 0 spiro atoms. The molecule has 31 heavy (non-hydrogen) atoms. The van der Waals surface area contributed by atoms with Crippen LogP contribution in [0.2, 0.25) is 0 Å². The summed E-state index contributed by atoms with van der Waals surface area (Å²) < 4.78 is 0. The summed E-state index contributed by atoms with van der Waals surface area (Å²) in [5.74, 6) is 0. The molecule has 0 bridgehead atoms. The number of nitrogens with zero attached hydrogens (tertiary/aromatic N) is 2. The van der Waals surface area contributed by atoms with E-state index >= 15 is 0 Å². The van der Waals surface area contributed by atoms with Crippen LogP contribution in [0.3, 0.4) is 0 Å². The Morgan fingerprint density at radius 3 is 2.03 bits per heavy atom. The van der Waals surface area contributed by atoms with Crippen molar-refractivity contribution in [2.45, 2.75) is 115 Å². The van der Waals surface area contributed by atoms with Crippen LogP contribution in [-0.4, -0.2) is 35.6 Å². The molecule has 2 aliphatic carbocycles. The van der Waals surface area contributed by atoms with Crippen LogP contribution in [0.25, 0.3) is 0 Å². The first-order valence-corrected chi connectivity index (χ1v) is 13.1. The molecule has 1 heterocycles. The minimum atomic E-state index is 0.00877. The molecule has 2 amide bonds. The van der Waals surface area contributed by atoms with Crippen molar-refractivity contribution in [1.29, 1.82) is 0 Å². The van der Waals surface area contributed by atoms with Crippen LogP contribution in [0.4, 0.5) is 16.2 Å². The van der Waals surface area contributed by atoms with E-state index in [-0.39, 0.29) is 11.6 Å². The van der Waals surface area contributed by atoms with Crippen molar-refractivity contribution in [3.8, 4) is 0 Å². The summed E-state index contributed by atoms with van der Waals surface area (Å²) in [6, 6.07) is 9.13. The molecule has 3 fully saturated rings. The van der Waals surface area contributed by atoms with Gasteiger partial charge in [0.25, 0.3) is 0 Å². The molecule has 1 aromatic carbocycles. The van der Waals surface area contributed by atoms with E-state index in [0.29, 0.717) is 6.04 Å². The zero-order valence-corrected chi connectivity index (χ0v) is 19.7. The number of benzene rings is 1. The number of urea groups is 1. The molecule has 1 N–H and O–H groups in total. The number of amides is 2. The molecule has 4 heteroatoms. The second kappa shape index (κ2) is 10.7. The minimum absolute atomic E-state index is 0.00877. The van der Waals surface area contributed by atoms with Crippen LogP contribution in [0, 0.1) is 0 Å². The average Bonchev–Trinajstić information content (AvgIpc) is 2.75. The van der Waals surface area contributed by atoms with Gasteiger partial charge in [0.05, 0.1) is 0 Å². The third-order valence-electron chi connectivity index (χ3n) is 8.01. The molecule has 4 nitrogen and oxygen atoms in total. The van der Waals surface area contributed by atoms with Gasteiger partial charge in [0, 0.05) is 36.0 Å². The first-order valence-electron chi connectivity index (χ1n) is 13.1. The molecule has 0 atom stereocenters. The third kappa shape index (κ3) is 5.75. The largest absolute Gasteiger partial charge is 0.372 e. The van der Waals surface area contributed by atoms with Gasteiger partial charge in [-0.05, 0) is 69.7 Å². The number of carbonyl (C=O) groups excluding carboxylic acids is 1. The van der Waals surface area contributed by atoms with E-state index in [1.54, 1.807) is 0 Å². The van der Waals surface area contributed by atoms with Crippen LogP contribution in [0.1, 0.15) is 103 Å². The SMILES string of the molecule is CC1(N(C(=O)Nc2ccc(N3CCCCCCC3)cc2)C2CCCCC2)CCCCC1. The summed E-state index contributed by atoms with van der Waals surface area (Å²) in [4.78, 5) is 18.4. The number of rotatable bonds is 4. The highest BCUT2D eigenvalue weighted by Gasteiger charge is 2.40. The van der Waals surface area contributed by atoms with E-state index in [0.717, 1.165) is 44.5 Å². The highest BCUT2D eigenvalue weighted by atomic mass is 16.2. The first-order chi connectivity index (χ1) is 15.2. The zero-order valence-electron chi connectivity index (χ0n) is 19.7. The number of nitrogens with one attached hydrogen (secondary N) is 1. The summed E-state index contributed by atoms with van der Waals surface area (Å²) in [7, 11) is 0. The van der Waals surface area contributed by atoms with Gasteiger partial charge in [0.1, 0.15) is 0 Å². The van der Waals surface area contributed by atoms with Crippen LogP contribution < -0.4 is 10.2 Å². The Hall–Kier alpha value is -1.71. The summed E-state index contributed by atoms with van der Waals surface area (Å²) >= 11 is 0.